The lowest BCUT2D eigenvalue weighted by Crippen LogP contribution is -2.28. The van der Waals surface area contributed by atoms with Gasteiger partial charge in [0.15, 0.2) is 0 Å². The van der Waals surface area contributed by atoms with Gasteiger partial charge in [0, 0.05) is 6.04 Å². The van der Waals surface area contributed by atoms with Crippen LogP contribution in [0.25, 0.3) is 0 Å². The molecule has 1 aliphatic rings. The topological polar surface area (TPSA) is 12.0 Å². The predicted molar refractivity (Wildman–Crippen MR) is 60.3 cm³/mol. The summed E-state index contributed by atoms with van der Waals surface area (Å²) >= 11 is 0. The molecule has 0 aliphatic heterocycles. The lowest BCUT2D eigenvalue weighted by molar-refractivity contribution is 0.479. The van der Waals surface area contributed by atoms with E-state index in [2.05, 4.69) is 5.32 Å². The first kappa shape index (κ1) is 10.6. The van der Waals surface area contributed by atoms with Crippen LogP contribution < -0.4 is 5.32 Å². The number of hydrogen-bond donors (Lipinski definition) is 1. The van der Waals surface area contributed by atoms with E-state index in [1.807, 2.05) is 19.2 Å². The molecule has 1 fully saturated rings. The first-order valence-electron chi connectivity index (χ1n) is 5.70. The Morgan fingerprint density at radius 3 is 2.73 bits per heavy atom. The summed E-state index contributed by atoms with van der Waals surface area (Å²) in [4.78, 5) is 0. The number of nitrogens with one attached hydrogen (secondary N) is 1. The molecule has 1 aliphatic carbocycles. The third kappa shape index (κ3) is 3.03. The van der Waals surface area contributed by atoms with Crippen LogP contribution >= 0.6 is 0 Å². The molecule has 0 heterocycles. The van der Waals surface area contributed by atoms with Crippen molar-refractivity contribution in [1.29, 1.82) is 0 Å². The predicted octanol–water partition coefficient (Wildman–Crippen LogP) is 2.76. The SMILES string of the molecule is CNC(Cc1ccccc1F)CC1CC1. The van der Waals surface area contributed by atoms with E-state index in [1.165, 1.54) is 19.3 Å². The standard InChI is InChI=1S/C13H18FN/c1-15-12(8-10-6-7-10)9-11-4-2-3-5-13(11)14/h2-5,10,12,15H,6-9H2,1H3. The molecule has 0 aromatic heterocycles. The van der Waals surface area contributed by atoms with Crippen molar-refractivity contribution in [3.63, 3.8) is 0 Å². The molecular formula is C13H18FN. The Kier molecular flexibility index (Phi) is 3.37. The summed E-state index contributed by atoms with van der Waals surface area (Å²) in [5.74, 6) is 0.808. The third-order valence-corrected chi connectivity index (χ3v) is 3.15. The van der Waals surface area contributed by atoms with Crippen LogP contribution in [0.3, 0.4) is 0 Å². The molecule has 0 radical (unpaired) electrons. The highest BCUT2D eigenvalue weighted by Crippen LogP contribution is 2.34. The van der Waals surface area contributed by atoms with Crippen molar-refractivity contribution >= 4 is 0 Å². The molecule has 1 nitrogen and oxygen atoms in total. The van der Waals surface area contributed by atoms with Crippen molar-refractivity contribution in [1.82, 2.24) is 5.32 Å². The second kappa shape index (κ2) is 4.75. The van der Waals surface area contributed by atoms with Crippen molar-refractivity contribution < 1.29 is 4.39 Å². The molecular weight excluding hydrogens is 189 g/mol. The molecule has 1 atom stereocenters. The maximum atomic E-state index is 13.4. The fourth-order valence-corrected chi connectivity index (χ4v) is 1.99. The molecule has 1 saturated carbocycles. The summed E-state index contributed by atoms with van der Waals surface area (Å²) in [6, 6.07) is 7.50. The summed E-state index contributed by atoms with van der Waals surface area (Å²) in [6.07, 6.45) is 4.70. The molecule has 82 valence electrons. The highest BCUT2D eigenvalue weighted by atomic mass is 19.1. The van der Waals surface area contributed by atoms with Crippen LogP contribution in [-0.2, 0) is 6.42 Å². The zero-order chi connectivity index (χ0) is 10.7. The Hall–Kier alpha value is -0.890. The van der Waals surface area contributed by atoms with E-state index >= 15 is 0 Å². The monoisotopic (exact) mass is 207 g/mol. The van der Waals surface area contributed by atoms with Gasteiger partial charge in [0.1, 0.15) is 5.82 Å². The van der Waals surface area contributed by atoms with E-state index in [-0.39, 0.29) is 5.82 Å². The van der Waals surface area contributed by atoms with E-state index in [9.17, 15) is 4.39 Å². The van der Waals surface area contributed by atoms with Crippen LogP contribution in [0.5, 0.6) is 0 Å². The molecule has 2 heteroatoms. The average Bonchev–Trinajstić information content (AvgIpc) is 3.04. The fourth-order valence-electron chi connectivity index (χ4n) is 1.99. The largest absolute Gasteiger partial charge is 0.317 e. The molecule has 1 N–H and O–H groups in total. The molecule has 1 aromatic carbocycles. The highest BCUT2D eigenvalue weighted by Gasteiger charge is 2.25. The summed E-state index contributed by atoms with van der Waals surface area (Å²) < 4.78 is 13.4. The maximum absolute atomic E-state index is 13.4. The van der Waals surface area contributed by atoms with Crippen molar-refractivity contribution in [3.05, 3.63) is 35.6 Å². The van der Waals surface area contributed by atoms with Gasteiger partial charge in [-0.05, 0) is 37.4 Å². The van der Waals surface area contributed by atoms with Gasteiger partial charge in [-0.25, -0.2) is 4.39 Å². The highest BCUT2D eigenvalue weighted by molar-refractivity contribution is 5.18. The van der Waals surface area contributed by atoms with Gasteiger partial charge in [-0.3, -0.25) is 0 Å². The number of halogens is 1. The zero-order valence-corrected chi connectivity index (χ0v) is 9.17. The number of hydrogen-bond acceptors (Lipinski definition) is 1. The van der Waals surface area contributed by atoms with E-state index in [0.29, 0.717) is 6.04 Å². The second-order valence-corrected chi connectivity index (χ2v) is 4.46. The van der Waals surface area contributed by atoms with Crippen LogP contribution in [0.2, 0.25) is 0 Å². The Bertz CT molecular complexity index is 320. The molecule has 1 aromatic rings. The van der Waals surface area contributed by atoms with Crippen molar-refractivity contribution in [3.8, 4) is 0 Å². The zero-order valence-electron chi connectivity index (χ0n) is 9.17. The second-order valence-electron chi connectivity index (χ2n) is 4.46. The smallest absolute Gasteiger partial charge is 0.126 e. The van der Waals surface area contributed by atoms with Gasteiger partial charge >= 0.3 is 0 Å². The summed E-state index contributed by atoms with van der Waals surface area (Å²) in [5.41, 5.74) is 0.831. The summed E-state index contributed by atoms with van der Waals surface area (Å²) in [6.45, 7) is 0. The Morgan fingerprint density at radius 2 is 2.13 bits per heavy atom. The van der Waals surface area contributed by atoms with Crippen LogP contribution in [0.15, 0.2) is 24.3 Å². The van der Waals surface area contributed by atoms with Gasteiger partial charge in [0.2, 0.25) is 0 Å². The number of likely N-dealkylation sites (N-methyl/N-ethyl adjacent to an activating group) is 1. The van der Waals surface area contributed by atoms with Crippen LogP contribution in [-0.4, -0.2) is 13.1 Å². The van der Waals surface area contributed by atoms with E-state index in [4.69, 9.17) is 0 Å². The van der Waals surface area contributed by atoms with Gasteiger partial charge in [0.05, 0.1) is 0 Å². The van der Waals surface area contributed by atoms with Gasteiger partial charge in [-0.15, -0.1) is 0 Å². The van der Waals surface area contributed by atoms with Crippen LogP contribution in [0, 0.1) is 11.7 Å². The molecule has 15 heavy (non-hydrogen) atoms. The molecule has 2 rings (SSSR count). The minimum atomic E-state index is -0.0754. The Labute approximate surface area is 90.7 Å². The van der Waals surface area contributed by atoms with Gasteiger partial charge in [-0.1, -0.05) is 31.0 Å². The Balaban J connectivity index is 1.95. The summed E-state index contributed by atoms with van der Waals surface area (Å²) in [7, 11) is 1.97. The van der Waals surface area contributed by atoms with Gasteiger partial charge < -0.3 is 5.32 Å². The number of rotatable bonds is 5. The van der Waals surface area contributed by atoms with Gasteiger partial charge in [0.25, 0.3) is 0 Å². The fraction of sp³-hybridized carbons (Fsp3) is 0.538. The van der Waals surface area contributed by atoms with E-state index in [0.717, 1.165) is 17.9 Å². The Morgan fingerprint density at radius 1 is 1.40 bits per heavy atom. The lowest BCUT2D eigenvalue weighted by Gasteiger charge is -2.16. The maximum Gasteiger partial charge on any atom is 0.126 e. The minimum Gasteiger partial charge on any atom is -0.317 e. The quantitative estimate of drug-likeness (QED) is 0.783. The van der Waals surface area contributed by atoms with Crippen LogP contribution in [0.4, 0.5) is 4.39 Å². The normalized spacial score (nSPS) is 17.7. The molecule has 0 amide bonds. The average molecular weight is 207 g/mol. The van der Waals surface area contributed by atoms with Crippen molar-refractivity contribution in [2.24, 2.45) is 5.92 Å². The molecule has 0 spiro atoms. The molecule has 0 saturated heterocycles. The lowest BCUT2D eigenvalue weighted by atomic mass is 10.0. The molecule has 0 bridgehead atoms. The summed E-state index contributed by atoms with van der Waals surface area (Å²) in [5, 5.41) is 3.28. The first-order chi connectivity index (χ1) is 7.29. The first-order valence-corrected chi connectivity index (χ1v) is 5.70. The van der Waals surface area contributed by atoms with Gasteiger partial charge in [-0.2, -0.15) is 0 Å². The van der Waals surface area contributed by atoms with Crippen molar-refractivity contribution in [2.75, 3.05) is 7.05 Å². The molecule has 1 unspecified atom stereocenters. The van der Waals surface area contributed by atoms with Crippen LogP contribution in [0.1, 0.15) is 24.8 Å². The minimum absolute atomic E-state index is 0.0754. The van der Waals surface area contributed by atoms with Crippen molar-refractivity contribution in [2.45, 2.75) is 31.7 Å². The third-order valence-electron chi connectivity index (χ3n) is 3.15. The van der Waals surface area contributed by atoms with E-state index in [1.54, 1.807) is 12.1 Å². The van der Waals surface area contributed by atoms with E-state index < -0.39 is 0 Å². The number of benzene rings is 1.